The molecule has 2 aromatic rings. The number of alkyl halides is 3. The van der Waals surface area contributed by atoms with Crippen molar-refractivity contribution in [3.63, 3.8) is 0 Å². The van der Waals surface area contributed by atoms with Crippen LogP contribution in [0.3, 0.4) is 0 Å². The van der Waals surface area contributed by atoms with Gasteiger partial charge in [-0.1, -0.05) is 24.3 Å². The molecule has 8 nitrogen and oxygen atoms in total. The number of rotatable bonds is 8. The zero-order chi connectivity index (χ0) is 23.4. The molecule has 0 spiro atoms. The number of carbonyl (C=O) groups excluding carboxylic acids is 1. The maximum atomic E-state index is 12.4. The van der Waals surface area contributed by atoms with Crippen molar-refractivity contribution in [2.75, 3.05) is 42.2 Å². The molecule has 1 amide bonds. The zero-order valence-electron chi connectivity index (χ0n) is 18.2. The van der Waals surface area contributed by atoms with Gasteiger partial charge in [-0.05, 0) is 43.5 Å². The number of carbonyl (C=O) groups is 1. The van der Waals surface area contributed by atoms with E-state index < -0.39 is 12.6 Å². The Morgan fingerprint density at radius 3 is 2.58 bits per heavy atom. The summed E-state index contributed by atoms with van der Waals surface area (Å²) in [5.41, 5.74) is 8.48. The summed E-state index contributed by atoms with van der Waals surface area (Å²) in [4.78, 5) is 24.8. The third-order valence-electron chi connectivity index (χ3n) is 5.60. The maximum absolute atomic E-state index is 12.4. The summed E-state index contributed by atoms with van der Waals surface area (Å²) in [5.74, 6) is 0.148. The fourth-order valence-corrected chi connectivity index (χ4v) is 4.10. The lowest BCUT2D eigenvalue weighted by Gasteiger charge is -2.30. The highest BCUT2D eigenvalue weighted by atomic mass is 19.4. The van der Waals surface area contributed by atoms with E-state index in [2.05, 4.69) is 32.3 Å². The van der Waals surface area contributed by atoms with Gasteiger partial charge in [0.05, 0.1) is 13.2 Å². The summed E-state index contributed by atoms with van der Waals surface area (Å²) >= 11 is 0. The number of nitrogens with one attached hydrogen (secondary N) is 1. The van der Waals surface area contributed by atoms with Crippen molar-refractivity contribution in [1.82, 2.24) is 14.9 Å². The van der Waals surface area contributed by atoms with Crippen LogP contribution in [0.25, 0.3) is 0 Å². The molecule has 1 fully saturated rings. The van der Waals surface area contributed by atoms with Gasteiger partial charge in [-0.15, -0.1) is 0 Å². The minimum Gasteiger partial charge on any atom is -0.463 e. The molecule has 1 aromatic heterocycles. The molecular formula is C22H27F3N6O2. The molecule has 178 valence electrons. The first-order valence-electron chi connectivity index (χ1n) is 11.0. The minimum atomic E-state index is -4.25. The van der Waals surface area contributed by atoms with Crippen LogP contribution >= 0.6 is 0 Å². The van der Waals surface area contributed by atoms with E-state index >= 15 is 0 Å². The molecule has 1 saturated heterocycles. The summed E-state index contributed by atoms with van der Waals surface area (Å²) in [7, 11) is 0. The molecule has 0 atom stereocenters. The summed E-state index contributed by atoms with van der Waals surface area (Å²) in [6.07, 6.45) is -2.97. The lowest BCUT2D eigenvalue weighted by molar-refractivity contribution is -0.136. The van der Waals surface area contributed by atoms with E-state index in [0.29, 0.717) is 12.4 Å². The van der Waals surface area contributed by atoms with Crippen molar-refractivity contribution in [2.24, 2.45) is 0 Å². The Morgan fingerprint density at radius 1 is 1.12 bits per heavy atom. The van der Waals surface area contributed by atoms with Gasteiger partial charge in [0.2, 0.25) is 5.91 Å². The number of amides is 1. The van der Waals surface area contributed by atoms with Gasteiger partial charge < -0.3 is 20.7 Å². The first kappa shape index (κ1) is 23.1. The van der Waals surface area contributed by atoms with Crippen LogP contribution in [0.5, 0.6) is 6.01 Å². The second-order valence-electron chi connectivity index (χ2n) is 8.36. The molecule has 0 unspecified atom stereocenters. The summed E-state index contributed by atoms with van der Waals surface area (Å²) in [6, 6.07) is 8.07. The molecule has 0 aliphatic carbocycles. The number of anilines is 3. The first-order valence-corrected chi connectivity index (χ1v) is 11.0. The van der Waals surface area contributed by atoms with Crippen molar-refractivity contribution in [1.29, 1.82) is 0 Å². The molecule has 2 aliphatic heterocycles. The molecule has 1 aromatic carbocycles. The number of nitrogen functional groups attached to an aromatic ring is 1. The third kappa shape index (κ3) is 6.25. The number of hydrogen-bond acceptors (Lipinski definition) is 7. The summed E-state index contributed by atoms with van der Waals surface area (Å²) < 4.78 is 42.4. The molecule has 11 heteroatoms. The lowest BCUT2D eigenvalue weighted by Crippen LogP contribution is -2.39. The largest absolute Gasteiger partial charge is 0.463 e. The number of ether oxygens (including phenoxy) is 1. The number of aromatic nitrogens is 2. The van der Waals surface area contributed by atoms with Gasteiger partial charge in [-0.25, -0.2) is 0 Å². The monoisotopic (exact) mass is 464 g/mol. The van der Waals surface area contributed by atoms with E-state index in [-0.39, 0.29) is 43.0 Å². The Bertz CT molecular complexity index is 995. The fourth-order valence-electron chi connectivity index (χ4n) is 4.10. The van der Waals surface area contributed by atoms with E-state index in [1.807, 2.05) is 12.1 Å². The summed E-state index contributed by atoms with van der Waals surface area (Å²) in [5, 5.41) is 2.68. The SMILES string of the molecule is Nc1nc(OCCCC(F)(F)F)nc2c1NC(=O)CN2Cc1cccc(CN2CCCC2)c1. The van der Waals surface area contributed by atoms with Gasteiger partial charge >= 0.3 is 12.2 Å². The average Bonchev–Trinajstić information content (AvgIpc) is 3.25. The van der Waals surface area contributed by atoms with E-state index in [4.69, 9.17) is 10.5 Å². The highest BCUT2D eigenvalue weighted by Crippen LogP contribution is 2.34. The normalized spacial score (nSPS) is 16.6. The minimum absolute atomic E-state index is 0.00616. The molecule has 0 saturated carbocycles. The van der Waals surface area contributed by atoms with Crippen LogP contribution in [0, 0.1) is 0 Å². The Labute approximate surface area is 189 Å². The predicted molar refractivity (Wildman–Crippen MR) is 118 cm³/mol. The molecule has 3 N–H and O–H groups in total. The van der Waals surface area contributed by atoms with E-state index in [9.17, 15) is 18.0 Å². The van der Waals surface area contributed by atoms with Crippen LogP contribution in [0.4, 0.5) is 30.5 Å². The van der Waals surface area contributed by atoms with Crippen LogP contribution in [-0.2, 0) is 17.9 Å². The number of benzene rings is 1. The summed E-state index contributed by atoms with van der Waals surface area (Å²) in [6.45, 7) is 3.38. The van der Waals surface area contributed by atoms with Gasteiger partial charge in [-0.3, -0.25) is 9.69 Å². The highest BCUT2D eigenvalue weighted by Gasteiger charge is 2.28. The second kappa shape index (κ2) is 9.82. The maximum Gasteiger partial charge on any atom is 0.389 e. The zero-order valence-corrected chi connectivity index (χ0v) is 18.2. The van der Waals surface area contributed by atoms with Crippen LogP contribution in [0.15, 0.2) is 24.3 Å². The predicted octanol–water partition coefficient (Wildman–Crippen LogP) is 3.33. The number of nitrogens with two attached hydrogens (primary N) is 1. The number of likely N-dealkylation sites (tertiary alicyclic amines) is 1. The molecular weight excluding hydrogens is 437 g/mol. The highest BCUT2D eigenvalue weighted by molar-refractivity contribution is 6.03. The van der Waals surface area contributed by atoms with Crippen molar-refractivity contribution in [2.45, 2.75) is 44.9 Å². The molecule has 33 heavy (non-hydrogen) atoms. The topological polar surface area (TPSA) is 96.6 Å². The van der Waals surface area contributed by atoms with Crippen LogP contribution < -0.4 is 20.7 Å². The van der Waals surface area contributed by atoms with Crippen molar-refractivity contribution in [3.8, 4) is 6.01 Å². The Hall–Kier alpha value is -3.08. The van der Waals surface area contributed by atoms with Gasteiger partial charge in [0.1, 0.15) is 5.69 Å². The van der Waals surface area contributed by atoms with Gasteiger partial charge in [0.25, 0.3) is 0 Å². The lowest BCUT2D eigenvalue weighted by atomic mass is 10.1. The van der Waals surface area contributed by atoms with E-state index in [1.165, 1.54) is 18.4 Å². The first-order chi connectivity index (χ1) is 15.8. The fraction of sp³-hybridized carbons (Fsp3) is 0.500. The van der Waals surface area contributed by atoms with Crippen LogP contribution in [0.2, 0.25) is 0 Å². The van der Waals surface area contributed by atoms with Crippen molar-refractivity contribution >= 4 is 23.2 Å². The molecule has 4 rings (SSSR count). The van der Waals surface area contributed by atoms with Crippen molar-refractivity contribution < 1.29 is 22.7 Å². The van der Waals surface area contributed by atoms with Gasteiger partial charge in [0.15, 0.2) is 11.6 Å². The number of nitrogens with zero attached hydrogens (tertiary/aromatic N) is 4. The number of hydrogen-bond donors (Lipinski definition) is 2. The average molecular weight is 464 g/mol. The van der Waals surface area contributed by atoms with Gasteiger partial charge in [0, 0.05) is 19.5 Å². The molecule has 0 bridgehead atoms. The van der Waals surface area contributed by atoms with Crippen LogP contribution in [-0.4, -0.2) is 53.2 Å². The Balaban J connectivity index is 1.48. The van der Waals surface area contributed by atoms with E-state index in [0.717, 1.165) is 25.2 Å². The van der Waals surface area contributed by atoms with Crippen molar-refractivity contribution in [3.05, 3.63) is 35.4 Å². The standard InChI is InChI=1S/C22H27F3N6O2/c23-22(24,25)7-4-10-33-21-28-19(26)18-20(29-21)31(14-17(32)27-18)13-16-6-3-5-15(11-16)12-30-8-1-2-9-30/h3,5-6,11H,1-2,4,7-10,12-14H2,(H,27,32)(H2,26,28,29). The molecule has 3 heterocycles. The number of halogens is 3. The van der Waals surface area contributed by atoms with Gasteiger partial charge in [-0.2, -0.15) is 23.1 Å². The Morgan fingerprint density at radius 2 is 1.85 bits per heavy atom. The van der Waals surface area contributed by atoms with E-state index in [1.54, 1.807) is 4.90 Å². The molecule has 0 radical (unpaired) electrons. The number of fused-ring (bicyclic) bond motifs is 1. The Kier molecular flexibility index (Phi) is 6.87. The third-order valence-corrected chi connectivity index (χ3v) is 5.60. The second-order valence-corrected chi connectivity index (χ2v) is 8.36. The molecule has 2 aliphatic rings. The smallest absolute Gasteiger partial charge is 0.389 e. The van der Waals surface area contributed by atoms with Crippen LogP contribution in [0.1, 0.15) is 36.8 Å². The quantitative estimate of drug-likeness (QED) is 0.579.